The lowest BCUT2D eigenvalue weighted by Crippen LogP contribution is -1.91. The summed E-state index contributed by atoms with van der Waals surface area (Å²) in [6.45, 7) is 4.07. The average molecular weight is 319 g/mol. The molecule has 0 amide bonds. The standard InChI is InChI=1S/C21H15F2N/c1-12-9-13(2)11-14(10-12)21-16-3-4-17-18(22)5-6-19(23)20(17)15(16)7-8-24-21/h3-11H,1-2H3. The maximum absolute atomic E-state index is 14.4. The first-order valence-electron chi connectivity index (χ1n) is 7.79. The number of hydrogen-bond acceptors (Lipinski definition) is 1. The van der Waals surface area contributed by atoms with Crippen molar-refractivity contribution in [3.8, 4) is 11.3 Å². The van der Waals surface area contributed by atoms with Crippen molar-refractivity contribution < 1.29 is 8.78 Å². The first-order valence-corrected chi connectivity index (χ1v) is 7.79. The molecule has 0 spiro atoms. The summed E-state index contributed by atoms with van der Waals surface area (Å²) in [5.74, 6) is -0.840. The molecule has 0 fully saturated rings. The lowest BCUT2D eigenvalue weighted by atomic mass is 9.97. The van der Waals surface area contributed by atoms with Crippen molar-refractivity contribution >= 4 is 21.5 Å². The van der Waals surface area contributed by atoms with Gasteiger partial charge in [-0.15, -0.1) is 0 Å². The molecule has 0 aliphatic rings. The SMILES string of the molecule is Cc1cc(C)cc(-c2nccc3c2ccc2c(F)ccc(F)c23)c1. The molecule has 0 unspecified atom stereocenters. The minimum absolute atomic E-state index is 0.292. The van der Waals surface area contributed by atoms with Crippen LogP contribution in [0.15, 0.2) is 54.7 Å². The third kappa shape index (κ3) is 2.24. The number of halogens is 2. The van der Waals surface area contributed by atoms with Crippen LogP contribution in [0.1, 0.15) is 11.1 Å². The Kier molecular flexibility index (Phi) is 3.31. The van der Waals surface area contributed by atoms with Crippen molar-refractivity contribution in [1.29, 1.82) is 0 Å². The lowest BCUT2D eigenvalue weighted by Gasteiger charge is -2.11. The molecule has 0 saturated heterocycles. The molecule has 1 aromatic heterocycles. The van der Waals surface area contributed by atoms with E-state index in [4.69, 9.17) is 0 Å². The number of rotatable bonds is 1. The van der Waals surface area contributed by atoms with Crippen molar-refractivity contribution in [2.75, 3.05) is 0 Å². The molecule has 0 aliphatic carbocycles. The van der Waals surface area contributed by atoms with Crippen LogP contribution in [0.25, 0.3) is 32.8 Å². The monoisotopic (exact) mass is 319 g/mol. The first kappa shape index (κ1) is 14.8. The molecular weight excluding hydrogens is 304 g/mol. The summed E-state index contributed by atoms with van der Waals surface area (Å²) in [5, 5.41) is 2.09. The van der Waals surface area contributed by atoms with Crippen LogP contribution in [-0.4, -0.2) is 4.98 Å². The van der Waals surface area contributed by atoms with E-state index in [1.165, 1.54) is 6.07 Å². The van der Waals surface area contributed by atoms with Crippen LogP contribution < -0.4 is 0 Å². The molecular formula is C21H15F2N. The third-order valence-corrected chi connectivity index (χ3v) is 4.31. The summed E-state index contributed by atoms with van der Waals surface area (Å²) >= 11 is 0. The van der Waals surface area contributed by atoms with Crippen molar-refractivity contribution in [2.24, 2.45) is 0 Å². The molecule has 4 rings (SSSR count). The van der Waals surface area contributed by atoms with E-state index >= 15 is 0 Å². The van der Waals surface area contributed by atoms with Crippen LogP contribution in [-0.2, 0) is 0 Å². The van der Waals surface area contributed by atoms with Gasteiger partial charge in [-0.3, -0.25) is 4.98 Å². The van der Waals surface area contributed by atoms with Crippen LogP contribution in [0.2, 0.25) is 0 Å². The number of aryl methyl sites for hydroxylation is 2. The number of pyridine rings is 1. The minimum atomic E-state index is -0.422. The summed E-state index contributed by atoms with van der Waals surface area (Å²) in [5.41, 5.74) is 4.04. The largest absolute Gasteiger partial charge is 0.256 e. The van der Waals surface area contributed by atoms with E-state index in [0.29, 0.717) is 16.2 Å². The van der Waals surface area contributed by atoms with E-state index in [-0.39, 0.29) is 0 Å². The Morgan fingerprint density at radius 3 is 2.12 bits per heavy atom. The quantitative estimate of drug-likeness (QED) is 0.395. The van der Waals surface area contributed by atoms with Crippen molar-refractivity contribution in [3.05, 3.63) is 77.5 Å². The molecule has 4 aromatic rings. The predicted octanol–water partition coefficient (Wildman–Crippen LogP) is 5.95. The highest BCUT2D eigenvalue weighted by Crippen LogP contribution is 2.34. The minimum Gasteiger partial charge on any atom is -0.256 e. The second-order valence-corrected chi connectivity index (χ2v) is 6.15. The van der Waals surface area contributed by atoms with Crippen LogP contribution in [0.4, 0.5) is 8.78 Å². The van der Waals surface area contributed by atoms with Gasteiger partial charge in [0, 0.05) is 27.9 Å². The summed E-state index contributed by atoms with van der Waals surface area (Å²) in [6.07, 6.45) is 1.65. The van der Waals surface area contributed by atoms with Gasteiger partial charge in [0.15, 0.2) is 0 Å². The maximum Gasteiger partial charge on any atom is 0.131 e. The highest BCUT2D eigenvalue weighted by molar-refractivity contribution is 6.11. The average Bonchev–Trinajstić information content (AvgIpc) is 2.56. The topological polar surface area (TPSA) is 12.9 Å². The van der Waals surface area contributed by atoms with Gasteiger partial charge in [0.1, 0.15) is 11.6 Å². The zero-order valence-corrected chi connectivity index (χ0v) is 13.4. The Hall–Kier alpha value is -2.81. The Morgan fingerprint density at radius 2 is 1.38 bits per heavy atom. The fraction of sp³-hybridized carbons (Fsp3) is 0.0952. The molecule has 3 heteroatoms. The summed E-state index contributed by atoms with van der Waals surface area (Å²) < 4.78 is 28.4. The van der Waals surface area contributed by atoms with Crippen LogP contribution in [0, 0.1) is 25.5 Å². The van der Waals surface area contributed by atoms with Gasteiger partial charge in [-0.1, -0.05) is 29.3 Å². The molecule has 0 saturated carbocycles. The molecule has 1 heterocycles. The van der Waals surface area contributed by atoms with Gasteiger partial charge in [-0.2, -0.15) is 0 Å². The lowest BCUT2D eigenvalue weighted by molar-refractivity contribution is 0.618. The van der Waals surface area contributed by atoms with Gasteiger partial charge in [0.05, 0.1) is 5.69 Å². The summed E-state index contributed by atoms with van der Waals surface area (Å²) in [6, 6.07) is 13.7. The van der Waals surface area contributed by atoms with Crippen molar-refractivity contribution in [1.82, 2.24) is 4.98 Å². The molecule has 0 atom stereocenters. The zero-order valence-electron chi connectivity index (χ0n) is 13.4. The molecule has 118 valence electrons. The second-order valence-electron chi connectivity index (χ2n) is 6.15. The molecule has 1 nitrogen and oxygen atoms in total. The summed E-state index contributed by atoms with van der Waals surface area (Å²) in [7, 11) is 0. The fourth-order valence-corrected chi connectivity index (χ4v) is 3.37. The Balaban J connectivity index is 2.12. The fourth-order valence-electron chi connectivity index (χ4n) is 3.37. The second kappa shape index (κ2) is 5.38. The maximum atomic E-state index is 14.4. The van der Waals surface area contributed by atoms with E-state index < -0.39 is 11.6 Å². The molecule has 0 N–H and O–H groups in total. The van der Waals surface area contributed by atoms with E-state index in [0.717, 1.165) is 33.8 Å². The smallest absolute Gasteiger partial charge is 0.131 e. The number of hydrogen-bond donors (Lipinski definition) is 0. The van der Waals surface area contributed by atoms with E-state index in [2.05, 4.69) is 23.2 Å². The number of aromatic nitrogens is 1. The van der Waals surface area contributed by atoms with Gasteiger partial charge in [-0.25, -0.2) is 8.78 Å². The Labute approximate surface area is 138 Å². The van der Waals surface area contributed by atoms with Crippen molar-refractivity contribution in [3.63, 3.8) is 0 Å². The highest BCUT2D eigenvalue weighted by atomic mass is 19.1. The van der Waals surface area contributed by atoms with Gasteiger partial charge in [0.25, 0.3) is 0 Å². The normalized spacial score (nSPS) is 11.3. The third-order valence-electron chi connectivity index (χ3n) is 4.31. The first-order chi connectivity index (χ1) is 11.5. The van der Waals surface area contributed by atoms with E-state index in [1.807, 2.05) is 19.9 Å². The number of nitrogens with zero attached hydrogens (tertiary/aromatic N) is 1. The predicted molar refractivity (Wildman–Crippen MR) is 94.1 cm³/mol. The molecule has 3 aromatic carbocycles. The van der Waals surface area contributed by atoms with Crippen molar-refractivity contribution in [2.45, 2.75) is 13.8 Å². The van der Waals surface area contributed by atoms with Gasteiger partial charge < -0.3 is 0 Å². The molecule has 0 radical (unpaired) electrons. The van der Waals surface area contributed by atoms with Gasteiger partial charge in [-0.05, 0) is 49.6 Å². The Morgan fingerprint density at radius 1 is 0.708 bits per heavy atom. The van der Waals surface area contributed by atoms with E-state index in [1.54, 1.807) is 18.3 Å². The molecule has 24 heavy (non-hydrogen) atoms. The van der Waals surface area contributed by atoms with Crippen LogP contribution in [0.5, 0.6) is 0 Å². The number of benzene rings is 3. The molecule has 0 bridgehead atoms. The van der Waals surface area contributed by atoms with Crippen LogP contribution in [0.3, 0.4) is 0 Å². The van der Waals surface area contributed by atoms with Gasteiger partial charge in [0.2, 0.25) is 0 Å². The Bertz CT molecular complexity index is 1080. The van der Waals surface area contributed by atoms with Gasteiger partial charge >= 0.3 is 0 Å². The highest BCUT2D eigenvalue weighted by Gasteiger charge is 2.13. The van der Waals surface area contributed by atoms with E-state index in [9.17, 15) is 8.78 Å². The zero-order chi connectivity index (χ0) is 16.8. The molecule has 0 aliphatic heterocycles. The number of fused-ring (bicyclic) bond motifs is 3. The summed E-state index contributed by atoms with van der Waals surface area (Å²) in [4.78, 5) is 4.50. The van der Waals surface area contributed by atoms with Crippen LogP contribution >= 0.6 is 0 Å².